The number of aromatic nitrogens is 2. The van der Waals surface area contributed by atoms with Gasteiger partial charge in [-0.25, -0.2) is 9.97 Å². The first-order valence-electron chi connectivity index (χ1n) is 9.56. The molecule has 160 valence electrons. The van der Waals surface area contributed by atoms with Crippen LogP contribution in [-0.2, 0) is 10.9 Å². The Balaban J connectivity index is 1.73. The van der Waals surface area contributed by atoms with Crippen LogP contribution in [0.1, 0.15) is 15.9 Å². The number of hydrogen-bond donors (Lipinski definition) is 0. The molecule has 1 aliphatic heterocycles. The summed E-state index contributed by atoms with van der Waals surface area (Å²) in [5.74, 6) is 0.131. The van der Waals surface area contributed by atoms with Gasteiger partial charge in [-0.2, -0.15) is 13.2 Å². The predicted molar refractivity (Wildman–Crippen MR) is 110 cm³/mol. The van der Waals surface area contributed by atoms with Gasteiger partial charge >= 0.3 is 6.18 Å². The lowest BCUT2D eigenvalue weighted by atomic mass is 10.2. The van der Waals surface area contributed by atoms with Crippen LogP contribution < -0.4 is 0 Å². The number of alkyl halides is 3. The summed E-state index contributed by atoms with van der Waals surface area (Å²) in [6.07, 6.45) is -3.01. The number of rotatable bonds is 4. The van der Waals surface area contributed by atoms with E-state index in [0.717, 1.165) is 29.5 Å². The molecule has 1 aliphatic rings. The Hall–Kier alpha value is -2.91. The summed E-state index contributed by atoms with van der Waals surface area (Å²) in [6, 6.07) is 14.2. The van der Waals surface area contributed by atoms with Crippen LogP contribution >= 0.6 is 11.8 Å². The Morgan fingerprint density at radius 1 is 1.03 bits per heavy atom. The second-order valence-electron chi connectivity index (χ2n) is 6.81. The van der Waals surface area contributed by atoms with Gasteiger partial charge < -0.3 is 9.64 Å². The Morgan fingerprint density at radius 3 is 2.48 bits per heavy atom. The van der Waals surface area contributed by atoms with E-state index < -0.39 is 11.7 Å². The number of morpholine rings is 1. The third kappa shape index (κ3) is 5.05. The summed E-state index contributed by atoms with van der Waals surface area (Å²) < 4.78 is 44.7. The number of benzene rings is 2. The molecule has 0 bridgehead atoms. The molecule has 1 aromatic heterocycles. The first kappa shape index (κ1) is 21.3. The van der Waals surface area contributed by atoms with Crippen molar-refractivity contribution in [3.05, 3.63) is 71.9 Å². The number of nitrogens with zero attached hydrogens (tertiary/aromatic N) is 3. The van der Waals surface area contributed by atoms with Gasteiger partial charge in [0.2, 0.25) is 0 Å². The lowest BCUT2D eigenvalue weighted by Crippen LogP contribution is -2.41. The van der Waals surface area contributed by atoms with E-state index >= 15 is 0 Å². The van der Waals surface area contributed by atoms with Gasteiger partial charge in [0.15, 0.2) is 5.82 Å². The number of carbonyl (C=O) groups is 1. The molecule has 0 aliphatic carbocycles. The Morgan fingerprint density at radius 2 is 1.77 bits per heavy atom. The van der Waals surface area contributed by atoms with Gasteiger partial charge in [0.05, 0.1) is 24.3 Å². The fraction of sp³-hybridized carbons (Fsp3) is 0.227. The van der Waals surface area contributed by atoms with E-state index in [4.69, 9.17) is 4.74 Å². The van der Waals surface area contributed by atoms with Gasteiger partial charge in [-0.15, -0.1) is 0 Å². The van der Waals surface area contributed by atoms with Crippen molar-refractivity contribution in [1.29, 1.82) is 0 Å². The predicted octanol–water partition coefficient (Wildman–Crippen LogP) is 4.79. The summed E-state index contributed by atoms with van der Waals surface area (Å²) in [6.45, 7) is 1.75. The quantitative estimate of drug-likeness (QED) is 0.541. The van der Waals surface area contributed by atoms with Crippen LogP contribution in [0.3, 0.4) is 0 Å². The Bertz CT molecular complexity index is 1070. The van der Waals surface area contributed by atoms with Crippen molar-refractivity contribution in [2.45, 2.75) is 16.1 Å². The summed E-state index contributed by atoms with van der Waals surface area (Å²) in [5.41, 5.74) is 0.249. The highest BCUT2D eigenvalue weighted by atomic mass is 32.2. The molecule has 0 unspecified atom stereocenters. The van der Waals surface area contributed by atoms with E-state index in [0.29, 0.717) is 42.0 Å². The molecule has 0 radical (unpaired) electrons. The molecule has 2 aromatic carbocycles. The molecule has 4 rings (SSSR count). The number of carbonyl (C=O) groups excluding carboxylic acids is 1. The van der Waals surface area contributed by atoms with Crippen molar-refractivity contribution in [2.24, 2.45) is 0 Å². The van der Waals surface area contributed by atoms with E-state index in [1.165, 1.54) is 12.3 Å². The molecule has 1 saturated heterocycles. The largest absolute Gasteiger partial charge is 0.416 e. The zero-order chi connectivity index (χ0) is 21.8. The number of hydrogen-bond acceptors (Lipinski definition) is 5. The summed E-state index contributed by atoms with van der Waals surface area (Å²) in [4.78, 5) is 23.9. The van der Waals surface area contributed by atoms with Crippen LogP contribution in [0.15, 0.2) is 70.7 Å². The van der Waals surface area contributed by atoms with E-state index in [9.17, 15) is 18.0 Å². The highest BCUT2D eigenvalue weighted by molar-refractivity contribution is 7.99. The average molecular weight is 445 g/mol. The summed E-state index contributed by atoms with van der Waals surface area (Å²) in [5, 5.41) is 0.310. The van der Waals surface area contributed by atoms with Gasteiger partial charge in [0.1, 0.15) is 5.03 Å². The molecule has 1 amide bonds. The van der Waals surface area contributed by atoms with Crippen molar-refractivity contribution >= 4 is 17.7 Å². The van der Waals surface area contributed by atoms with Gasteiger partial charge in [0, 0.05) is 29.7 Å². The van der Waals surface area contributed by atoms with Gasteiger partial charge in [-0.3, -0.25) is 4.79 Å². The van der Waals surface area contributed by atoms with Gasteiger partial charge in [-0.05, 0) is 18.2 Å². The Kier molecular flexibility index (Phi) is 6.24. The zero-order valence-corrected chi connectivity index (χ0v) is 17.1. The second kappa shape index (κ2) is 9.07. The lowest BCUT2D eigenvalue weighted by molar-refractivity contribution is -0.137. The van der Waals surface area contributed by atoms with Crippen LogP contribution in [0.2, 0.25) is 0 Å². The standard InChI is InChI=1S/C22H18F3N3O2S/c23-22(24,25)16-7-4-8-17(13-16)31-20-18(21(29)28-9-11-30-12-10-28)14-26-19(27-20)15-5-2-1-3-6-15/h1-8,13-14H,9-12H2. The molecular weight excluding hydrogens is 427 g/mol. The first-order chi connectivity index (χ1) is 14.9. The van der Waals surface area contributed by atoms with Crippen molar-refractivity contribution < 1.29 is 22.7 Å². The molecule has 3 aromatic rings. The van der Waals surface area contributed by atoms with E-state index in [1.54, 1.807) is 11.0 Å². The number of halogens is 3. The van der Waals surface area contributed by atoms with E-state index in [-0.39, 0.29) is 11.5 Å². The van der Waals surface area contributed by atoms with E-state index in [2.05, 4.69) is 9.97 Å². The molecule has 2 heterocycles. The Labute approximate surface area is 181 Å². The molecule has 5 nitrogen and oxygen atoms in total. The lowest BCUT2D eigenvalue weighted by Gasteiger charge is -2.27. The highest BCUT2D eigenvalue weighted by Gasteiger charge is 2.31. The van der Waals surface area contributed by atoms with Crippen molar-refractivity contribution in [1.82, 2.24) is 14.9 Å². The zero-order valence-electron chi connectivity index (χ0n) is 16.3. The normalized spacial score (nSPS) is 14.5. The van der Waals surface area contributed by atoms with Crippen molar-refractivity contribution in [2.75, 3.05) is 26.3 Å². The molecule has 1 fully saturated rings. The smallest absolute Gasteiger partial charge is 0.378 e. The van der Waals surface area contributed by atoms with Crippen LogP contribution in [-0.4, -0.2) is 47.1 Å². The van der Waals surface area contributed by atoms with Crippen LogP contribution in [0, 0.1) is 0 Å². The SMILES string of the molecule is O=C(c1cnc(-c2ccccc2)nc1Sc1cccc(C(F)(F)F)c1)N1CCOCC1. The van der Waals surface area contributed by atoms with Crippen molar-refractivity contribution in [3.8, 4) is 11.4 Å². The topological polar surface area (TPSA) is 55.3 Å². The van der Waals surface area contributed by atoms with Crippen LogP contribution in [0.5, 0.6) is 0 Å². The van der Waals surface area contributed by atoms with Crippen LogP contribution in [0.25, 0.3) is 11.4 Å². The maximum atomic E-state index is 13.1. The average Bonchev–Trinajstić information content (AvgIpc) is 2.79. The molecular formula is C22H18F3N3O2S. The minimum atomic E-state index is -4.45. The molecule has 0 spiro atoms. The summed E-state index contributed by atoms with van der Waals surface area (Å²) in [7, 11) is 0. The van der Waals surface area contributed by atoms with Gasteiger partial charge in [0.25, 0.3) is 5.91 Å². The number of amides is 1. The minimum absolute atomic E-state index is 0.254. The third-order valence-electron chi connectivity index (χ3n) is 4.69. The molecule has 0 atom stereocenters. The van der Waals surface area contributed by atoms with Crippen molar-refractivity contribution in [3.63, 3.8) is 0 Å². The molecule has 0 saturated carbocycles. The van der Waals surface area contributed by atoms with Gasteiger partial charge in [-0.1, -0.05) is 48.2 Å². The molecule has 0 N–H and O–H groups in total. The van der Waals surface area contributed by atoms with Crippen LogP contribution in [0.4, 0.5) is 13.2 Å². The highest BCUT2D eigenvalue weighted by Crippen LogP contribution is 2.35. The van der Waals surface area contributed by atoms with E-state index in [1.807, 2.05) is 30.3 Å². The molecule has 31 heavy (non-hydrogen) atoms. The fourth-order valence-electron chi connectivity index (χ4n) is 3.10. The molecule has 9 heteroatoms. The summed E-state index contributed by atoms with van der Waals surface area (Å²) >= 11 is 1.02. The fourth-order valence-corrected chi connectivity index (χ4v) is 4.04. The third-order valence-corrected chi connectivity index (χ3v) is 5.68. The second-order valence-corrected chi connectivity index (χ2v) is 7.87. The first-order valence-corrected chi connectivity index (χ1v) is 10.4. The monoisotopic (exact) mass is 445 g/mol. The number of ether oxygens (including phenoxy) is 1. The maximum Gasteiger partial charge on any atom is 0.416 e. The minimum Gasteiger partial charge on any atom is -0.378 e. The maximum absolute atomic E-state index is 13.1.